The fraction of sp³-hybridized carbons (Fsp3) is 0.316. The zero-order valence-electron chi connectivity index (χ0n) is 14.9. The zero-order valence-corrected chi connectivity index (χ0v) is 16.5. The highest BCUT2D eigenvalue weighted by atomic mass is 35.5. The normalized spacial score (nSPS) is 16.8. The van der Waals surface area contributed by atoms with Crippen LogP contribution in [0.4, 0.5) is 5.69 Å². The second-order valence-electron chi connectivity index (χ2n) is 6.42. The van der Waals surface area contributed by atoms with Crippen molar-refractivity contribution in [2.45, 2.75) is 17.7 Å². The molecule has 1 aliphatic rings. The molecule has 1 unspecified atom stereocenters. The first-order valence-electron chi connectivity index (χ1n) is 8.71. The van der Waals surface area contributed by atoms with E-state index in [9.17, 15) is 13.2 Å². The predicted octanol–water partition coefficient (Wildman–Crippen LogP) is 2.64. The Balaban J connectivity index is 0.00000261. The lowest BCUT2D eigenvalue weighted by molar-refractivity contribution is 0.0945. The number of nitrogens with one attached hydrogen (secondary N) is 3. The molecule has 146 valence electrons. The molecule has 2 aromatic carbocycles. The molecule has 1 aliphatic heterocycles. The fourth-order valence-corrected chi connectivity index (χ4v) is 4.05. The van der Waals surface area contributed by atoms with Crippen LogP contribution in [0.5, 0.6) is 0 Å². The molecule has 27 heavy (non-hydrogen) atoms. The molecule has 1 atom stereocenters. The number of halogens is 1. The summed E-state index contributed by atoms with van der Waals surface area (Å²) in [4.78, 5) is 12.5. The van der Waals surface area contributed by atoms with Crippen molar-refractivity contribution in [1.29, 1.82) is 0 Å². The monoisotopic (exact) mass is 409 g/mol. The van der Waals surface area contributed by atoms with Crippen LogP contribution in [0.3, 0.4) is 0 Å². The lowest BCUT2D eigenvalue weighted by Crippen LogP contribution is -2.38. The zero-order chi connectivity index (χ0) is 18.4. The summed E-state index contributed by atoms with van der Waals surface area (Å²) < 4.78 is 27.3. The molecule has 1 fully saturated rings. The van der Waals surface area contributed by atoms with Crippen molar-refractivity contribution in [2.24, 2.45) is 5.92 Å². The van der Waals surface area contributed by atoms with Crippen LogP contribution in [-0.4, -0.2) is 34.0 Å². The number of sulfonamides is 1. The summed E-state index contributed by atoms with van der Waals surface area (Å²) in [7, 11) is -3.68. The van der Waals surface area contributed by atoms with Gasteiger partial charge < -0.3 is 10.6 Å². The molecule has 0 bridgehead atoms. The summed E-state index contributed by atoms with van der Waals surface area (Å²) in [5.74, 6) is 0.240. The average molecular weight is 410 g/mol. The quantitative estimate of drug-likeness (QED) is 0.684. The number of anilines is 1. The SMILES string of the molecule is Cl.O=C(NCC1CCCNC1)c1cccc(NS(=O)(=O)c2ccccc2)c1. The first-order chi connectivity index (χ1) is 12.5. The summed E-state index contributed by atoms with van der Waals surface area (Å²) in [6, 6.07) is 14.7. The van der Waals surface area contributed by atoms with Gasteiger partial charge in [-0.2, -0.15) is 0 Å². The molecule has 3 rings (SSSR count). The Kier molecular flexibility index (Phi) is 7.65. The van der Waals surface area contributed by atoms with Gasteiger partial charge in [0.05, 0.1) is 4.90 Å². The van der Waals surface area contributed by atoms with Crippen molar-refractivity contribution in [1.82, 2.24) is 10.6 Å². The van der Waals surface area contributed by atoms with E-state index in [0.29, 0.717) is 23.7 Å². The number of hydrogen-bond acceptors (Lipinski definition) is 4. The highest BCUT2D eigenvalue weighted by Gasteiger charge is 2.16. The van der Waals surface area contributed by atoms with E-state index in [0.717, 1.165) is 25.9 Å². The summed E-state index contributed by atoms with van der Waals surface area (Å²) in [5, 5.41) is 6.26. The fourth-order valence-electron chi connectivity index (χ4n) is 2.97. The second kappa shape index (κ2) is 9.73. The summed E-state index contributed by atoms with van der Waals surface area (Å²) >= 11 is 0. The standard InChI is InChI=1S/C19H23N3O3S.ClH/c23-19(21-14-15-6-5-11-20-13-15)16-7-4-8-17(12-16)22-26(24,25)18-9-2-1-3-10-18;/h1-4,7-10,12,15,20,22H,5-6,11,13-14H2,(H,21,23);1H. The Morgan fingerprint density at radius 2 is 1.89 bits per heavy atom. The molecule has 1 saturated heterocycles. The highest BCUT2D eigenvalue weighted by Crippen LogP contribution is 2.17. The van der Waals surface area contributed by atoms with E-state index in [1.165, 1.54) is 12.1 Å². The van der Waals surface area contributed by atoms with Crippen molar-refractivity contribution < 1.29 is 13.2 Å². The number of benzene rings is 2. The summed E-state index contributed by atoms with van der Waals surface area (Å²) in [6.07, 6.45) is 2.22. The Labute approximate surface area is 166 Å². The number of carbonyl (C=O) groups is 1. The summed E-state index contributed by atoms with van der Waals surface area (Å²) in [5.41, 5.74) is 0.794. The minimum atomic E-state index is -3.68. The number of rotatable bonds is 6. The van der Waals surface area contributed by atoms with Crippen LogP contribution >= 0.6 is 12.4 Å². The molecule has 8 heteroatoms. The van der Waals surface area contributed by atoms with Gasteiger partial charge in [0.25, 0.3) is 15.9 Å². The third-order valence-electron chi connectivity index (χ3n) is 4.38. The Bertz CT molecular complexity index is 854. The van der Waals surface area contributed by atoms with Crippen molar-refractivity contribution in [2.75, 3.05) is 24.4 Å². The molecule has 1 heterocycles. The van der Waals surface area contributed by atoms with Gasteiger partial charge in [-0.25, -0.2) is 8.42 Å². The second-order valence-corrected chi connectivity index (χ2v) is 8.10. The maximum atomic E-state index is 12.4. The van der Waals surface area contributed by atoms with Gasteiger partial charge in [-0.05, 0) is 62.2 Å². The number of amides is 1. The molecular weight excluding hydrogens is 386 g/mol. The maximum Gasteiger partial charge on any atom is 0.261 e. The van der Waals surface area contributed by atoms with Gasteiger partial charge in [0.1, 0.15) is 0 Å². The molecule has 6 nitrogen and oxygen atoms in total. The maximum absolute atomic E-state index is 12.4. The smallest absolute Gasteiger partial charge is 0.261 e. The van der Waals surface area contributed by atoms with Crippen molar-refractivity contribution in [3.63, 3.8) is 0 Å². The molecule has 0 aliphatic carbocycles. The van der Waals surface area contributed by atoms with E-state index < -0.39 is 10.0 Å². The lowest BCUT2D eigenvalue weighted by atomic mass is 9.99. The lowest BCUT2D eigenvalue weighted by Gasteiger charge is -2.22. The molecule has 0 radical (unpaired) electrons. The molecule has 3 N–H and O–H groups in total. The number of hydrogen-bond donors (Lipinski definition) is 3. The van der Waals surface area contributed by atoms with Gasteiger partial charge >= 0.3 is 0 Å². The van der Waals surface area contributed by atoms with E-state index in [4.69, 9.17) is 0 Å². The molecule has 1 amide bonds. The molecule has 2 aromatic rings. The van der Waals surface area contributed by atoms with Crippen LogP contribution in [0.1, 0.15) is 23.2 Å². The minimum absolute atomic E-state index is 0. The van der Waals surface area contributed by atoms with Crippen molar-refractivity contribution in [3.05, 3.63) is 60.2 Å². The van der Waals surface area contributed by atoms with Gasteiger partial charge in [-0.1, -0.05) is 24.3 Å². The third-order valence-corrected chi connectivity index (χ3v) is 5.78. The van der Waals surface area contributed by atoms with Crippen LogP contribution in [0, 0.1) is 5.92 Å². The predicted molar refractivity (Wildman–Crippen MR) is 109 cm³/mol. The number of piperidine rings is 1. The van der Waals surface area contributed by atoms with Crippen LogP contribution < -0.4 is 15.4 Å². The van der Waals surface area contributed by atoms with Gasteiger partial charge in [0.2, 0.25) is 0 Å². The first-order valence-corrected chi connectivity index (χ1v) is 10.2. The highest BCUT2D eigenvalue weighted by molar-refractivity contribution is 7.92. The van der Waals surface area contributed by atoms with Crippen LogP contribution in [0.25, 0.3) is 0 Å². The van der Waals surface area contributed by atoms with E-state index in [1.54, 1.807) is 42.5 Å². The van der Waals surface area contributed by atoms with Crippen LogP contribution in [0.15, 0.2) is 59.5 Å². The van der Waals surface area contributed by atoms with E-state index >= 15 is 0 Å². The molecule has 0 saturated carbocycles. The van der Waals surface area contributed by atoms with Gasteiger partial charge in [0.15, 0.2) is 0 Å². The van der Waals surface area contributed by atoms with Gasteiger partial charge in [-0.15, -0.1) is 12.4 Å². The first kappa shape index (κ1) is 21.2. The molecular formula is C19H24ClN3O3S. The van der Waals surface area contributed by atoms with Crippen LogP contribution in [0.2, 0.25) is 0 Å². The van der Waals surface area contributed by atoms with Crippen molar-refractivity contribution in [3.8, 4) is 0 Å². The number of carbonyl (C=O) groups excluding carboxylic acids is 1. The Morgan fingerprint density at radius 1 is 1.11 bits per heavy atom. The Hall–Kier alpha value is -2.09. The van der Waals surface area contributed by atoms with E-state index in [2.05, 4.69) is 15.4 Å². The summed E-state index contributed by atoms with van der Waals surface area (Å²) in [6.45, 7) is 2.57. The molecule has 0 spiro atoms. The topological polar surface area (TPSA) is 87.3 Å². The molecule has 0 aromatic heterocycles. The third kappa shape index (κ3) is 5.95. The van der Waals surface area contributed by atoms with Gasteiger partial charge in [-0.3, -0.25) is 9.52 Å². The van der Waals surface area contributed by atoms with Crippen molar-refractivity contribution >= 4 is 34.0 Å². The van der Waals surface area contributed by atoms with E-state index in [1.807, 2.05) is 0 Å². The largest absolute Gasteiger partial charge is 0.352 e. The van der Waals surface area contributed by atoms with E-state index in [-0.39, 0.29) is 23.2 Å². The minimum Gasteiger partial charge on any atom is -0.352 e. The van der Waals surface area contributed by atoms with Crippen LogP contribution in [-0.2, 0) is 10.0 Å². The average Bonchev–Trinajstić information content (AvgIpc) is 2.67. The Morgan fingerprint density at radius 3 is 2.59 bits per heavy atom. The van der Waals surface area contributed by atoms with Gasteiger partial charge in [0, 0.05) is 17.8 Å².